The molecule has 138 valence electrons. The van der Waals surface area contributed by atoms with Crippen LogP contribution in [0, 0.1) is 13.8 Å². The van der Waals surface area contributed by atoms with Crippen molar-refractivity contribution in [1.29, 1.82) is 0 Å². The Balaban J connectivity index is 1.70. The molecular formula is C22H23N3O2. The summed E-state index contributed by atoms with van der Waals surface area (Å²) in [6, 6.07) is 17.3. The number of rotatable bonds is 6. The summed E-state index contributed by atoms with van der Waals surface area (Å²) in [5.41, 5.74) is 5.20. The molecule has 0 unspecified atom stereocenters. The van der Waals surface area contributed by atoms with E-state index in [1.807, 2.05) is 56.3 Å². The predicted octanol–water partition coefficient (Wildman–Crippen LogP) is 4.57. The standard InChI is InChI=1S/C22H23N3O2/c1-15-10-16(2)12-19(11-15)25-22(26)20-13-18(8-9-23-20)24-14-17-6-4-5-7-21(17)27-3/h4-13H,14H2,1-3H3,(H,23,24)(H,25,26). The van der Waals surface area contributed by atoms with Crippen LogP contribution in [0.3, 0.4) is 0 Å². The smallest absolute Gasteiger partial charge is 0.274 e. The Morgan fingerprint density at radius 2 is 1.74 bits per heavy atom. The number of methoxy groups -OCH3 is 1. The van der Waals surface area contributed by atoms with Gasteiger partial charge in [-0.1, -0.05) is 24.3 Å². The van der Waals surface area contributed by atoms with Gasteiger partial charge >= 0.3 is 0 Å². The largest absolute Gasteiger partial charge is 0.496 e. The third-order valence-electron chi connectivity index (χ3n) is 4.15. The zero-order chi connectivity index (χ0) is 19.2. The Kier molecular flexibility index (Phi) is 5.71. The molecule has 2 N–H and O–H groups in total. The minimum atomic E-state index is -0.235. The summed E-state index contributed by atoms with van der Waals surface area (Å²) in [4.78, 5) is 16.7. The maximum absolute atomic E-state index is 12.5. The van der Waals surface area contributed by atoms with Gasteiger partial charge in [-0.2, -0.15) is 0 Å². The van der Waals surface area contributed by atoms with Crippen LogP contribution in [0.1, 0.15) is 27.2 Å². The van der Waals surface area contributed by atoms with Gasteiger partial charge in [0.1, 0.15) is 11.4 Å². The first-order chi connectivity index (χ1) is 13.0. The number of aryl methyl sites for hydroxylation is 2. The van der Waals surface area contributed by atoms with Crippen LogP contribution in [-0.2, 0) is 6.54 Å². The van der Waals surface area contributed by atoms with Crippen molar-refractivity contribution in [2.24, 2.45) is 0 Å². The van der Waals surface area contributed by atoms with Gasteiger partial charge in [-0.05, 0) is 55.3 Å². The number of ether oxygens (including phenoxy) is 1. The molecule has 0 atom stereocenters. The number of carbonyl (C=O) groups excluding carboxylic acids is 1. The Bertz CT molecular complexity index is 934. The molecule has 0 spiro atoms. The summed E-state index contributed by atoms with van der Waals surface area (Å²) in [6.07, 6.45) is 1.63. The lowest BCUT2D eigenvalue weighted by atomic mass is 10.1. The zero-order valence-electron chi connectivity index (χ0n) is 15.7. The molecule has 0 fully saturated rings. The molecule has 0 aliphatic rings. The van der Waals surface area contributed by atoms with Gasteiger partial charge in [0.2, 0.25) is 0 Å². The van der Waals surface area contributed by atoms with E-state index in [9.17, 15) is 4.79 Å². The van der Waals surface area contributed by atoms with Crippen LogP contribution in [0.2, 0.25) is 0 Å². The fraction of sp³-hybridized carbons (Fsp3) is 0.182. The van der Waals surface area contributed by atoms with E-state index in [0.29, 0.717) is 12.2 Å². The van der Waals surface area contributed by atoms with Crippen LogP contribution in [-0.4, -0.2) is 18.0 Å². The van der Waals surface area contributed by atoms with Gasteiger partial charge in [0.15, 0.2) is 0 Å². The molecule has 0 aliphatic heterocycles. The number of hydrogen-bond acceptors (Lipinski definition) is 4. The SMILES string of the molecule is COc1ccccc1CNc1ccnc(C(=O)Nc2cc(C)cc(C)c2)c1. The van der Waals surface area contributed by atoms with Gasteiger partial charge in [-0.3, -0.25) is 9.78 Å². The summed E-state index contributed by atoms with van der Waals surface area (Å²) in [5, 5.41) is 6.22. The van der Waals surface area contributed by atoms with E-state index in [-0.39, 0.29) is 5.91 Å². The molecule has 1 aromatic heterocycles. The van der Waals surface area contributed by atoms with E-state index < -0.39 is 0 Å². The number of nitrogens with zero attached hydrogens (tertiary/aromatic N) is 1. The highest BCUT2D eigenvalue weighted by atomic mass is 16.5. The molecule has 0 saturated carbocycles. The van der Waals surface area contributed by atoms with Crippen molar-refractivity contribution in [2.45, 2.75) is 20.4 Å². The van der Waals surface area contributed by atoms with Crippen LogP contribution >= 0.6 is 0 Å². The number of aromatic nitrogens is 1. The van der Waals surface area contributed by atoms with E-state index >= 15 is 0 Å². The van der Waals surface area contributed by atoms with Gasteiger partial charge in [0.05, 0.1) is 7.11 Å². The Morgan fingerprint density at radius 3 is 2.48 bits per heavy atom. The highest BCUT2D eigenvalue weighted by Gasteiger charge is 2.10. The van der Waals surface area contributed by atoms with Crippen LogP contribution < -0.4 is 15.4 Å². The van der Waals surface area contributed by atoms with E-state index in [0.717, 1.165) is 33.8 Å². The zero-order valence-corrected chi connectivity index (χ0v) is 15.7. The van der Waals surface area contributed by atoms with Crippen LogP contribution in [0.5, 0.6) is 5.75 Å². The summed E-state index contributed by atoms with van der Waals surface area (Å²) < 4.78 is 5.36. The minimum Gasteiger partial charge on any atom is -0.496 e. The molecule has 0 aliphatic carbocycles. The Hall–Kier alpha value is -3.34. The molecule has 5 nitrogen and oxygen atoms in total. The topological polar surface area (TPSA) is 63.2 Å². The average Bonchev–Trinajstić information content (AvgIpc) is 2.66. The highest BCUT2D eigenvalue weighted by molar-refractivity contribution is 6.03. The lowest BCUT2D eigenvalue weighted by Gasteiger charge is -2.11. The van der Waals surface area contributed by atoms with Crippen LogP contribution in [0.25, 0.3) is 0 Å². The normalized spacial score (nSPS) is 10.3. The van der Waals surface area contributed by atoms with E-state index in [4.69, 9.17) is 4.74 Å². The van der Waals surface area contributed by atoms with E-state index in [1.165, 1.54) is 0 Å². The van der Waals surface area contributed by atoms with Crippen molar-refractivity contribution in [3.05, 3.63) is 83.2 Å². The van der Waals surface area contributed by atoms with Gasteiger partial charge in [-0.15, -0.1) is 0 Å². The van der Waals surface area contributed by atoms with Crippen LogP contribution in [0.15, 0.2) is 60.8 Å². The van der Waals surface area contributed by atoms with Crippen molar-refractivity contribution in [3.63, 3.8) is 0 Å². The van der Waals surface area contributed by atoms with Gasteiger partial charge in [0.25, 0.3) is 5.91 Å². The highest BCUT2D eigenvalue weighted by Crippen LogP contribution is 2.20. The fourth-order valence-electron chi connectivity index (χ4n) is 2.95. The van der Waals surface area contributed by atoms with Crippen molar-refractivity contribution in [2.75, 3.05) is 17.7 Å². The fourth-order valence-corrected chi connectivity index (χ4v) is 2.95. The summed E-state index contributed by atoms with van der Waals surface area (Å²) >= 11 is 0. The number of benzene rings is 2. The lowest BCUT2D eigenvalue weighted by molar-refractivity contribution is 0.102. The number of nitrogens with one attached hydrogen (secondary N) is 2. The number of pyridine rings is 1. The van der Waals surface area contributed by atoms with Crippen molar-refractivity contribution >= 4 is 17.3 Å². The molecule has 2 aromatic carbocycles. The van der Waals surface area contributed by atoms with Gasteiger partial charge in [0, 0.05) is 29.7 Å². The first-order valence-corrected chi connectivity index (χ1v) is 8.76. The molecule has 5 heteroatoms. The molecule has 0 bridgehead atoms. The lowest BCUT2D eigenvalue weighted by Crippen LogP contribution is -2.14. The second-order valence-corrected chi connectivity index (χ2v) is 6.43. The monoisotopic (exact) mass is 361 g/mol. The molecular weight excluding hydrogens is 338 g/mol. The first-order valence-electron chi connectivity index (χ1n) is 8.76. The van der Waals surface area contributed by atoms with Gasteiger partial charge < -0.3 is 15.4 Å². The number of amides is 1. The summed E-state index contributed by atoms with van der Waals surface area (Å²) in [6.45, 7) is 4.60. The quantitative estimate of drug-likeness (QED) is 0.675. The number of para-hydroxylation sites is 1. The van der Waals surface area contributed by atoms with Gasteiger partial charge in [-0.25, -0.2) is 0 Å². The third kappa shape index (κ3) is 4.85. The molecule has 3 rings (SSSR count). The second kappa shape index (κ2) is 8.36. The minimum absolute atomic E-state index is 0.235. The Labute approximate surface area is 159 Å². The summed E-state index contributed by atoms with van der Waals surface area (Å²) in [7, 11) is 1.65. The van der Waals surface area contributed by atoms with Crippen molar-refractivity contribution < 1.29 is 9.53 Å². The Morgan fingerprint density at radius 1 is 1.00 bits per heavy atom. The molecule has 0 radical (unpaired) electrons. The maximum Gasteiger partial charge on any atom is 0.274 e. The first kappa shape index (κ1) is 18.5. The van der Waals surface area contributed by atoms with Crippen molar-refractivity contribution in [1.82, 2.24) is 4.98 Å². The molecule has 3 aromatic rings. The number of hydrogen-bond donors (Lipinski definition) is 2. The number of carbonyl (C=O) groups is 1. The second-order valence-electron chi connectivity index (χ2n) is 6.43. The summed E-state index contributed by atoms with van der Waals surface area (Å²) in [5.74, 6) is 0.591. The van der Waals surface area contributed by atoms with Crippen LogP contribution in [0.4, 0.5) is 11.4 Å². The average molecular weight is 361 g/mol. The third-order valence-corrected chi connectivity index (χ3v) is 4.15. The molecule has 0 saturated heterocycles. The van der Waals surface area contributed by atoms with Crippen molar-refractivity contribution in [3.8, 4) is 5.75 Å². The van der Waals surface area contributed by atoms with E-state index in [1.54, 1.807) is 19.4 Å². The molecule has 27 heavy (non-hydrogen) atoms. The maximum atomic E-state index is 12.5. The number of anilines is 2. The molecule has 1 heterocycles. The predicted molar refractivity (Wildman–Crippen MR) is 108 cm³/mol. The molecule has 1 amide bonds. The van der Waals surface area contributed by atoms with E-state index in [2.05, 4.69) is 21.7 Å².